The van der Waals surface area contributed by atoms with Crippen LogP contribution in [0.4, 0.5) is 0 Å². The fraction of sp³-hybridized carbons (Fsp3) is 0.650. The van der Waals surface area contributed by atoms with E-state index in [1.54, 1.807) is 55.7 Å². The second-order valence-electron chi connectivity index (χ2n) is 54.3. The van der Waals surface area contributed by atoms with E-state index in [4.69, 9.17) is 0 Å². The highest BCUT2D eigenvalue weighted by Gasteiger charge is 2.34. The minimum atomic E-state index is 0.240. The molecule has 0 heteroatoms. The van der Waals surface area contributed by atoms with Crippen molar-refractivity contribution >= 4 is 0 Å². The van der Waals surface area contributed by atoms with Crippen molar-refractivity contribution in [3.05, 3.63) is 246 Å². The van der Waals surface area contributed by atoms with Crippen LogP contribution < -0.4 is 0 Å². The van der Waals surface area contributed by atoms with E-state index >= 15 is 0 Å². The largest absolute Gasteiger partial charge is 0.0801 e. The minimum Gasteiger partial charge on any atom is -0.0801 e. The van der Waals surface area contributed by atoms with E-state index in [9.17, 15) is 0 Å². The average Bonchev–Trinajstić information content (AvgIpc) is 1.22. The van der Waals surface area contributed by atoms with Gasteiger partial charge in [-0.3, -0.25) is 0 Å². The Morgan fingerprint density at radius 1 is 0.208 bits per heavy atom. The van der Waals surface area contributed by atoms with Crippen LogP contribution in [0.1, 0.15) is 446 Å². The van der Waals surface area contributed by atoms with Gasteiger partial charge >= 0.3 is 0 Å². The monoisotopic (exact) mass is 1640 g/mol. The van der Waals surface area contributed by atoms with Gasteiger partial charge in [-0.25, -0.2) is 0 Å². The Bertz CT molecular complexity index is 3890. The Morgan fingerprint density at radius 2 is 0.475 bits per heavy atom. The van der Waals surface area contributed by atoms with E-state index in [1.807, 2.05) is 0 Å². The number of hydrogen-bond acceptors (Lipinski definition) is 0. The second kappa shape index (κ2) is 41.3. The summed E-state index contributed by atoms with van der Waals surface area (Å²) in [6.07, 6.45) is 35.0. The molecule has 0 fully saturated rings. The van der Waals surface area contributed by atoms with Crippen LogP contribution in [0.15, 0.2) is 213 Å². The highest BCUT2D eigenvalue weighted by atomic mass is 14.4. The Labute approximate surface area is 751 Å². The lowest BCUT2D eigenvalue weighted by molar-refractivity contribution is 0.449. The van der Waals surface area contributed by atoms with Crippen LogP contribution in [0.5, 0.6) is 0 Å². The molecule has 678 valence electrons. The van der Waals surface area contributed by atoms with E-state index in [2.05, 4.69) is 520 Å². The van der Waals surface area contributed by atoms with Crippen molar-refractivity contribution in [1.29, 1.82) is 0 Å². The van der Waals surface area contributed by atoms with Gasteiger partial charge in [0.2, 0.25) is 0 Å². The highest BCUT2D eigenvalue weighted by Crippen LogP contribution is 2.48. The third-order valence-corrected chi connectivity index (χ3v) is 23.8. The van der Waals surface area contributed by atoms with Crippen LogP contribution in [-0.4, -0.2) is 0 Å². The number of hydrogen-bond donors (Lipinski definition) is 0. The van der Waals surface area contributed by atoms with Gasteiger partial charge in [0.25, 0.3) is 0 Å². The van der Waals surface area contributed by atoms with Crippen molar-refractivity contribution in [2.45, 2.75) is 445 Å². The summed E-state index contributed by atoms with van der Waals surface area (Å²) >= 11 is 0. The van der Waals surface area contributed by atoms with Crippen LogP contribution in [0.25, 0.3) is 0 Å². The molecule has 120 heavy (non-hydrogen) atoms. The Kier molecular flexibility index (Phi) is 38.8. The molecule has 0 atom stereocenters. The van der Waals surface area contributed by atoms with E-state index in [1.165, 1.54) is 50.9 Å². The summed E-state index contributed by atoms with van der Waals surface area (Å²) < 4.78 is 0. The first-order chi connectivity index (χ1) is 53.0. The molecule has 0 spiro atoms. The third kappa shape index (κ3) is 38.6. The molecule has 9 rings (SSSR count). The first-order valence-electron chi connectivity index (χ1n) is 46.8. The summed E-state index contributed by atoms with van der Waals surface area (Å²) in [5.41, 5.74) is 32.6. The van der Waals surface area contributed by atoms with Crippen LogP contribution in [0, 0.1) is 65.0 Å². The van der Waals surface area contributed by atoms with Crippen molar-refractivity contribution in [3.63, 3.8) is 0 Å². The molecule has 0 heterocycles. The third-order valence-electron chi connectivity index (χ3n) is 23.8. The maximum atomic E-state index is 2.39. The van der Waals surface area contributed by atoms with Gasteiger partial charge in [0.1, 0.15) is 0 Å². The Morgan fingerprint density at radius 3 is 0.650 bits per heavy atom. The van der Waals surface area contributed by atoms with Gasteiger partial charge in [0.15, 0.2) is 0 Å². The molecule has 6 aliphatic carbocycles. The molecule has 0 aliphatic heterocycles. The standard InChI is InChI=1S/3C14H22.6C13H22/c1-13(2,3)11-7-9-12(10-8-11)14(4,5)6;1-13(2,3)11-8-7-9-12(10-11)14(4,5)6;1-13(2,3)11-9-7-8-10-12(11)14(4,5)6;3*1-12(2,3)10-7-8-11(9-10)13(4,5)6;3*1-12(2,3)10-8-7-9-11(10)13(4,5)6/h3*7-10H,1-6H3;2*7,9H,8H2,1-6H3;7-8H,9H2,1-6H3;8-9H,7H2,1-6H3;2*7-8H,9H2,1-6H3. The van der Waals surface area contributed by atoms with E-state index < -0.39 is 0 Å². The van der Waals surface area contributed by atoms with Crippen LogP contribution >= 0.6 is 0 Å². The molecule has 0 saturated heterocycles. The Hall–Kier alpha value is -5.46. The lowest BCUT2D eigenvalue weighted by atomic mass is 9.74. The maximum Gasteiger partial charge on any atom is -0.00917 e. The smallest absolute Gasteiger partial charge is 0.00917 e. The van der Waals surface area contributed by atoms with E-state index in [-0.39, 0.29) is 32.5 Å². The predicted molar refractivity (Wildman–Crippen MR) is 550 cm³/mol. The lowest BCUT2D eigenvalue weighted by Gasteiger charge is -2.31. The molecule has 0 unspecified atom stereocenters. The zero-order chi connectivity index (χ0) is 94.6. The summed E-state index contributed by atoms with van der Waals surface area (Å²) in [6.45, 7) is 123. The minimum absolute atomic E-state index is 0.240. The van der Waals surface area contributed by atoms with Crippen LogP contribution in [0.3, 0.4) is 0 Å². The molecule has 6 aliphatic rings. The molecule has 0 aromatic heterocycles. The molecule has 3 aromatic rings. The summed E-state index contributed by atoms with van der Waals surface area (Å²) in [5.74, 6) is 0. The quantitative estimate of drug-likeness (QED) is 0.210. The van der Waals surface area contributed by atoms with Crippen molar-refractivity contribution < 1.29 is 0 Å². The SMILES string of the molecule is CC(C)(C)C1=C(C(C)(C)C)CC=C1.CC(C)(C)C1=C(C(C)(C)C)CC=C1.CC(C)(C)C1=CC=C(C(C)(C)C)C1.CC(C)(C)C1=CCC(C(C)(C)C)=C1.CC(C)(C)C1=CCC(C(C)(C)C)=C1.CC(C)(C)C1=CCC=C1C(C)(C)C.CC(C)(C)c1ccc(C(C)(C)C)cc1.CC(C)(C)c1cccc(C(C)(C)C)c1.CC(C)(C)c1ccccc1C(C)(C)C. The molecule has 0 saturated carbocycles. The zero-order valence-corrected chi connectivity index (χ0v) is 90.1. The number of benzene rings is 3. The first kappa shape index (κ1) is 113. The molecular weight excluding hydrogens is 1440 g/mol. The van der Waals surface area contributed by atoms with Gasteiger partial charge in [-0.05, 0) is 203 Å². The highest BCUT2D eigenvalue weighted by molar-refractivity contribution is 5.46. The molecular formula is C120H198. The maximum absolute atomic E-state index is 2.39. The first-order valence-corrected chi connectivity index (χ1v) is 46.8. The second-order valence-corrected chi connectivity index (χ2v) is 54.3. The molecule has 0 N–H and O–H groups in total. The van der Waals surface area contributed by atoms with E-state index in [0.29, 0.717) is 65.0 Å². The van der Waals surface area contributed by atoms with Gasteiger partial charge in [-0.15, -0.1) is 0 Å². The summed E-state index contributed by atoms with van der Waals surface area (Å²) in [4.78, 5) is 0. The lowest BCUT2D eigenvalue weighted by Crippen LogP contribution is -2.21. The zero-order valence-electron chi connectivity index (χ0n) is 90.1. The molecule has 0 nitrogen and oxygen atoms in total. The fourth-order valence-electron chi connectivity index (χ4n) is 15.2. The van der Waals surface area contributed by atoms with Crippen molar-refractivity contribution in [2.24, 2.45) is 65.0 Å². The van der Waals surface area contributed by atoms with Crippen molar-refractivity contribution in [2.75, 3.05) is 0 Å². The normalized spacial score (nSPS) is 16.6. The average molecular weight is 1640 g/mol. The molecule has 3 aromatic carbocycles. The number of rotatable bonds is 0. The van der Waals surface area contributed by atoms with Gasteiger partial charge in [0, 0.05) is 0 Å². The molecule has 0 radical (unpaired) electrons. The summed E-state index contributed by atoms with van der Waals surface area (Å²) in [5, 5.41) is 0. The van der Waals surface area contributed by atoms with Gasteiger partial charge in [-0.1, -0.05) is 553 Å². The van der Waals surface area contributed by atoms with Crippen LogP contribution in [-0.2, 0) is 32.5 Å². The van der Waals surface area contributed by atoms with Crippen molar-refractivity contribution in [1.82, 2.24) is 0 Å². The summed E-state index contributed by atoms with van der Waals surface area (Å²) in [7, 11) is 0. The van der Waals surface area contributed by atoms with Gasteiger partial charge < -0.3 is 0 Å². The molecule has 0 amide bonds. The van der Waals surface area contributed by atoms with Crippen molar-refractivity contribution in [3.8, 4) is 0 Å². The topological polar surface area (TPSA) is 0 Å². The fourth-order valence-corrected chi connectivity index (χ4v) is 15.2. The summed E-state index contributed by atoms with van der Waals surface area (Å²) in [6, 6.07) is 26.7. The number of allylic oxidation sites excluding steroid dienone is 24. The van der Waals surface area contributed by atoms with Gasteiger partial charge in [0.05, 0.1) is 0 Å². The predicted octanol–water partition coefficient (Wildman–Crippen LogP) is 38.9. The van der Waals surface area contributed by atoms with Crippen LogP contribution in [0.2, 0.25) is 0 Å². The Balaban J connectivity index is 0.000000675. The van der Waals surface area contributed by atoms with E-state index in [0.717, 1.165) is 32.1 Å². The van der Waals surface area contributed by atoms with Gasteiger partial charge in [-0.2, -0.15) is 0 Å². The molecule has 0 bridgehead atoms.